The van der Waals surface area contributed by atoms with Crippen LogP contribution in [-0.4, -0.2) is 18.4 Å². The molecule has 126 valence electrons. The van der Waals surface area contributed by atoms with Gasteiger partial charge in [-0.2, -0.15) is 0 Å². The van der Waals surface area contributed by atoms with Crippen LogP contribution in [0.25, 0.3) is 0 Å². The van der Waals surface area contributed by atoms with Crippen LogP contribution in [0.5, 0.6) is 5.75 Å². The van der Waals surface area contributed by atoms with Crippen LogP contribution in [0.1, 0.15) is 24.5 Å². The maximum atomic E-state index is 12.0. The van der Waals surface area contributed by atoms with Gasteiger partial charge in [0.25, 0.3) is 5.91 Å². The van der Waals surface area contributed by atoms with E-state index in [0.717, 1.165) is 16.8 Å². The molecule has 0 bridgehead atoms. The van der Waals surface area contributed by atoms with Crippen LogP contribution in [0.3, 0.4) is 0 Å². The van der Waals surface area contributed by atoms with E-state index in [0.29, 0.717) is 17.9 Å². The largest absolute Gasteiger partial charge is 0.484 e. The normalized spacial score (nSPS) is 10.1. The van der Waals surface area contributed by atoms with E-state index in [1.165, 1.54) is 0 Å². The molecule has 0 heterocycles. The number of carbonyl (C=O) groups excluding carboxylic acids is 2. The van der Waals surface area contributed by atoms with Crippen molar-refractivity contribution in [2.75, 3.05) is 17.2 Å². The first kappa shape index (κ1) is 17.5. The highest BCUT2D eigenvalue weighted by Gasteiger charge is 2.06. The fraction of sp³-hybridized carbons (Fsp3) is 0.263. The van der Waals surface area contributed by atoms with Crippen molar-refractivity contribution >= 4 is 23.2 Å². The third-order valence-electron chi connectivity index (χ3n) is 3.31. The predicted octanol–water partition coefficient (Wildman–Crippen LogP) is 3.67. The Hall–Kier alpha value is -2.82. The van der Waals surface area contributed by atoms with Gasteiger partial charge in [-0.15, -0.1) is 0 Å². The van der Waals surface area contributed by atoms with Crippen molar-refractivity contribution in [1.29, 1.82) is 0 Å². The Morgan fingerprint density at radius 1 is 0.917 bits per heavy atom. The summed E-state index contributed by atoms with van der Waals surface area (Å²) in [6.45, 7) is 5.65. The lowest BCUT2D eigenvalue weighted by atomic mass is 10.1. The van der Waals surface area contributed by atoms with Gasteiger partial charge in [0.1, 0.15) is 5.75 Å². The molecular formula is C19H22N2O3. The first-order valence-corrected chi connectivity index (χ1v) is 7.87. The molecule has 0 aliphatic heterocycles. The van der Waals surface area contributed by atoms with Crippen molar-refractivity contribution in [2.45, 2.75) is 27.2 Å². The van der Waals surface area contributed by atoms with E-state index in [4.69, 9.17) is 4.74 Å². The Morgan fingerprint density at radius 2 is 1.58 bits per heavy atom. The van der Waals surface area contributed by atoms with Crippen molar-refractivity contribution in [3.63, 3.8) is 0 Å². The minimum Gasteiger partial charge on any atom is -0.484 e. The van der Waals surface area contributed by atoms with Gasteiger partial charge in [-0.05, 0) is 49.2 Å². The van der Waals surface area contributed by atoms with Gasteiger partial charge in [-0.25, -0.2) is 0 Å². The van der Waals surface area contributed by atoms with E-state index >= 15 is 0 Å². The third-order valence-corrected chi connectivity index (χ3v) is 3.31. The molecule has 2 amide bonds. The van der Waals surface area contributed by atoms with Gasteiger partial charge in [0.2, 0.25) is 5.91 Å². The van der Waals surface area contributed by atoms with Gasteiger partial charge in [-0.1, -0.05) is 19.1 Å². The molecule has 0 aliphatic rings. The molecule has 0 unspecified atom stereocenters. The summed E-state index contributed by atoms with van der Waals surface area (Å²) in [6.07, 6.45) is 0.406. The van der Waals surface area contributed by atoms with E-state index in [1.54, 1.807) is 31.2 Å². The van der Waals surface area contributed by atoms with E-state index in [-0.39, 0.29) is 18.4 Å². The molecule has 0 radical (unpaired) electrons. The second-order valence-corrected chi connectivity index (χ2v) is 5.64. The Morgan fingerprint density at radius 3 is 2.25 bits per heavy atom. The zero-order chi connectivity index (χ0) is 17.5. The fourth-order valence-electron chi connectivity index (χ4n) is 2.31. The van der Waals surface area contributed by atoms with Crippen molar-refractivity contribution in [1.82, 2.24) is 0 Å². The van der Waals surface area contributed by atoms with Crippen LogP contribution < -0.4 is 15.4 Å². The molecule has 0 aromatic heterocycles. The number of aryl methyl sites for hydroxylation is 2. The van der Waals surface area contributed by atoms with Crippen LogP contribution in [-0.2, 0) is 9.59 Å². The highest BCUT2D eigenvalue weighted by atomic mass is 16.5. The predicted molar refractivity (Wildman–Crippen MR) is 95.4 cm³/mol. The number of anilines is 2. The van der Waals surface area contributed by atoms with E-state index in [1.807, 2.05) is 32.0 Å². The molecular weight excluding hydrogens is 304 g/mol. The molecule has 0 atom stereocenters. The Kier molecular flexibility index (Phi) is 5.95. The molecule has 0 saturated carbocycles. The maximum Gasteiger partial charge on any atom is 0.262 e. The van der Waals surface area contributed by atoms with Crippen LogP contribution in [0, 0.1) is 13.8 Å². The summed E-state index contributed by atoms with van der Waals surface area (Å²) in [5.41, 5.74) is 3.58. The number of carbonyl (C=O) groups is 2. The monoisotopic (exact) mass is 326 g/mol. The highest BCUT2D eigenvalue weighted by molar-refractivity contribution is 5.92. The van der Waals surface area contributed by atoms with E-state index in [2.05, 4.69) is 10.6 Å². The molecule has 2 aromatic rings. The first-order valence-electron chi connectivity index (χ1n) is 7.87. The van der Waals surface area contributed by atoms with Crippen LogP contribution >= 0.6 is 0 Å². The molecule has 0 spiro atoms. The van der Waals surface area contributed by atoms with E-state index < -0.39 is 0 Å². The molecule has 5 heteroatoms. The van der Waals surface area contributed by atoms with Gasteiger partial charge in [-0.3, -0.25) is 9.59 Å². The number of amides is 2. The second kappa shape index (κ2) is 8.15. The average Bonchev–Trinajstić information content (AvgIpc) is 2.52. The number of hydrogen-bond acceptors (Lipinski definition) is 3. The summed E-state index contributed by atoms with van der Waals surface area (Å²) in [5.74, 6) is 0.224. The third kappa shape index (κ3) is 5.43. The fourth-order valence-corrected chi connectivity index (χ4v) is 2.31. The lowest BCUT2D eigenvalue weighted by molar-refractivity contribution is -0.118. The van der Waals surface area contributed by atoms with Crippen molar-refractivity contribution in [3.05, 3.63) is 53.6 Å². The summed E-state index contributed by atoms with van der Waals surface area (Å²) in [5, 5.41) is 5.57. The number of nitrogens with one attached hydrogen (secondary N) is 2. The van der Waals surface area contributed by atoms with Gasteiger partial charge in [0, 0.05) is 23.9 Å². The summed E-state index contributed by atoms with van der Waals surface area (Å²) in [4.78, 5) is 23.4. The standard InChI is InChI=1S/C19H22N2O3/c1-4-18(22)20-15-6-5-7-17(11-15)24-12-19(23)21-16-9-13(2)8-14(3)10-16/h5-11H,4,12H2,1-3H3,(H,20,22)(H,21,23). The highest BCUT2D eigenvalue weighted by Crippen LogP contribution is 2.18. The lowest BCUT2D eigenvalue weighted by Gasteiger charge is -2.10. The summed E-state index contributed by atoms with van der Waals surface area (Å²) < 4.78 is 5.49. The lowest BCUT2D eigenvalue weighted by Crippen LogP contribution is -2.20. The Labute approximate surface area is 142 Å². The molecule has 2 aromatic carbocycles. The zero-order valence-corrected chi connectivity index (χ0v) is 14.2. The smallest absolute Gasteiger partial charge is 0.262 e. The van der Waals surface area contributed by atoms with Gasteiger partial charge in [0.15, 0.2) is 6.61 Å². The average molecular weight is 326 g/mol. The van der Waals surface area contributed by atoms with Gasteiger partial charge >= 0.3 is 0 Å². The first-order chi connectivity index (χ1) is 11.5. The minimum absolute atomic E-state index is 0.0697. The number of hydrogen-bond donors (Lipinski definition) is 2. The number of rotatable bonds is 6. The van der Waals surface area contributed by atoms with E-state index in [9.17, 15) is 9.59 Å². The zero-order valence-electron chi connectivity index (χ0n) is 14.2. The summed E-state index contributed by atoms with van der Waals surface area (Å²) in [6, 6.07) is 12.8. The molecule has 24 heavy (non-hydrogen) atoms. The molecule has 2 N–H and O–H groups in total. The van der Waals surface area contributed by atoms with Gasteiger partial charge in [0.05, 0.1) is 0 Å². The Bertz CT molecular complexity index is 721. The second-order valence-electron chi connectivity index (χ2n) is 5.64. The maximum absolute atomic E-state index is 12.0. The minimum atomic E-state index is -0.233. The molecule has 0 saturated heterocycles. The molecule has 2 rings (SSSR count). The van der Waals surface area contributed by atoms with Gasteiger partial charge < -0.3 is 15.4 Å². The van der Waals surface area contributed by atoms with Crippen LogP contribution in [0.4, 0.5) is 11.4 Å². The summed E-state index contributed by atoms with van der Waals surface area (Å²) >= 11 is 0. The number of benzene rings is 2. The number of ether oxygens (including phenoxy) is 1. The summed E-state index contributed by atoms with van der Waals surface area (Å²) in [7, 11) is 0. The van der Waals surface area contributed by atoms with Crippen molar-refractivity contribution in [3.8, 4) is 5.75 Å². The van der Waals surface area contributed by atoms with Crippen molar-refractivity contribution in [2.24, 2.45) is 0 Å². The van der Waals surface area contributed by atoms with Crippen molar-refractivity contribution < 1.29 is 14.3 Å². The molecule has 5 nitrogen and oxygen atoms in total. The molecule has 0 fully saturated rings. The van der Waals surface area contributed by atoms with Crippen LogP contribution in [0.15, 0.2) is 42.5 Å². The topological polar surface area (TPSA) is 67.4 Å². The molecule has 0 aliphatic carbocycles. The Balaban J connectivity index is 1.91. The quantitative estimate of drug-likeness (QED) is 0.851. The SMILES string of the molecule is CCC(=O)Nc1cccc(OCC(=O)Nc2cc(C)cc(C)c2)c1. The van der Waals surface area contributed by atoms with Crippen LogP contribution in [0.2, 0.25) is 0 Å².